The zero-order valence-corrected chi connectivity index (χ0v) is 9.72. The summed E-state index contributed by atoms with van der Waals surface area (Å²) in [5, 5.41) is 0. The number of methoxy groups -OCH3 is 1. The van der Waals surface area contributed by atoms with Crippen LogP contribution < -0.4 is 10.5 Å². The van der Waals surface area contributed by atoms with Crippen LogP contribution in [0.3, 0.4) is 0 Å². The van der Waals surface area contributed by atoms with E-state index in [1.54, 1.807) is 7.11 Å². The summed E-state index contributed by atoms with van der Waals surface area (Å²) >= 11 is 0. The molecular formula is C12H19N3O. The molecule has 0 aliphatic heterocycles. The second kappa shape index (κ2) is 5.25. The molecule has 1 heterocycles. The lowest BCUT2D eigenvalue weighted by Crippen LogP contribution is -2.24. The Morgan fingerprint density at radius 1 is 1.31 bits per heavy atom. The maximum absolute atomic E-state index is 6.25. The zero-order chi connectivity index (χ0) is 11.4. The van der Waals surface area contributed by atoms with Gasteiger partial charge in [0, 0.05) is 6.07 Å². The molecule has 88 valence electrons. The highest BCUT2D eigenvalue weighted by molar-refractivity contribution is 5.16. The lowest BCUT2D eigenvalue weighted by atomic mass is 9.83. The van der Waals surface area contributed by atoms with Gasteiger partial charge in [-0.3, -0.25) is 0 Å². The largest absolute Gasteiger partial charge is 0.481 e. The van der Waals surface area contributed by atoms with E-state index in [9.17, 15) is 0 Å². The molecular weight excluding hydrogens is 202 g/mol. The quantitative estimate of drug-likeness (QED) is 0.848. The Morgan fingerprint density at radius 3 is 2.75 bits per heavy atom. The van der Waals surface area contributed by atoms with E-state index in [0.717, 1.165) is 5.69 Å². The van der Waals surface area contributed by atoms with Gasteiger partial charge in [0.15, 0.2) is 0 Å². The molecule has 0 bridgehead atoms. The van der Waals surface area contributed by atoms with Gasteiger partial charge in [0.05, 0.1) is 18.8 Å². The zero-order valence-electron chi connectivity index (χ0n) is 9.72. The summed E-state index contributed by atoms with van der Waals surface area (Å²) < 4.78 is 5.09. The molecule has 1 aromatic rings. The minimum atomic E-state index is 0.0252. The summed E-state index contributed by atoms with van der Waals surface area (Å²) in [6.45, 7) is 0. The van der Waals surface area contributed by atoms with Gasteiger partial charge in [-0.15, -0.1) is 0 Å². The number of rotatable bonds is 3. The topological polar surface area (TPSA) is 61.0 Å². The standard InChI is InChI=1S/C12H19N3O/c1-16-11-7-10(14-8-15-11)12(13)9-5-3-2-4-6-9/h7-9,12H,2-6,13H2,1H3. The maximum atomic E-state index is 6.25. The van der Waals surface area contributed by atoms with E-state index < -0.39 is 0 Å². The fourth-order valence-corrected chi connectivity index (χ4v) is 2.38. The molecule has 0 saturated heterocycles. The number of nitrogens with zero attached hydrogens (tertiary/aromatic N) is 2. The van der Waals surface area contributed by atoms with Crippen molar-refractivity contribution in [2.75, 3.05) is 7.11 Å². The van der Waals surface area contributed by atoms with Crippen LogP contribution in [-0.4, -0.2) is 17.1 Å². The Bertz CT molecular complexity index is 337. The molecule has 1 unspecified atom stereocenters. The lowest BCUT2D eigenvalue weighted by Gasteiger charge is -2.26. The predicted molar refractivity (Wildman–Crippen MR) is 62.1 cm³/mol. The van der Waals surface area contributed by atoms with E-state index in [0.29, 0.717) is 11.8 Å². The summed E-state index contributed by atoms with van der Waals surface area (Å²) in [6, 6.07) is 1.87. The van der Waals surface area contributed by atoms with Gasteiger partial charge < -0.3 is 10.5 Å². The molecule has 0 radical (unpaired) electrons. The van der Waals surface area contributed by atoms with Gasteiger partial charge in [0.1, 0.15) is 6.33 Å². The first-order chi connectivity index (χ1) is 7.81. The Hall–Kier alpha value is -1.16. The summed E-state index contributed by atoms with van der Waals surface area (Å²) in [5.74, 6) is 1.16. The molecule has 0 amide bonds. The molecule has 4 nitrogen and oxygen atoms in total. The second-order valence-electron chi connectivity index (χ2n) is 4.41. The van der Waals surface area contributed by atoms with E-state index in [1.165, 1.54) is 38.4 Å². The van der Waals surface area contributed by atoms with Crippen molar-refractivity contribution in [2.45, 2.75) is 38.1 Å². The first-order valence-electron chi connectivity index (χ1n) is 5.93. The fraction of sp³-hybridized carbons (Fsp3) is 0.667. The van der Waals surface area contributed by atoms with Crippen LogP contribution in [0.25, 0.3) is 0 Å². The van der Waals surface area contributed by atoms with Crippen LogP contribution in [0.1, 0.15) is 43.8 Å². The van der Waals surface area contributed by atoms with Gasteiger partial charge in [-0.05, 0) is 18.8 Å². The fourth-order valence-electron chi connectivity index (χ4n) is 2.38. The summed E-state index contributed by atoms with van der Waals surface area (Å²) in [4.78, 5) is 8.24. The molecule has 0 aromatic carbocycles. The Balaban J connectivity index is 2.09. The van der Waals surface area contributed by atoms with E-state index >= 15 is 0 Å². The van der Waals surface area contributed by atoms with E-state index in [1.807, 2.05) is 6.07 Å². The molecule has 4 heteroatoms. The van der Waals surface area contributed by atoms with Gasteiger partial charge in [0.25, 0.3) is 0 Å². The average molecular weight is 221 g/mol. The third kappa shape index (κ3) is 2.50. The minimum Gasteiger partial charge on any atom is -0.481 e. The molecule has 2 rings (SSSR count). The minimum absolute atomic E-state index is 0.0252. The van der Waals surface area contributed by atoms with Crippen LogP contribution in [0.2, 0.25) is 0 Å². The van der Waals surface area contributed by atoms with Gasteiger partial charge >= 0.3 is 0 Å². The van der Waals surface area contributed by atoms with E-state index in [4.69, 9.17) is 10.5 Å². The van der Waals surface area contributed by atoms with E-state index in [-0.39, 0.29) is 6.04 Å². The van der Waals surface area contributed by atoms with Crippen molar-refractivity contribution in [1.29, 1.82) is 0 Å². The molecule has 1 fully saturated rings. The van der Waals surface area contributed by atoms with Gasteiger partial charge in [0.2, 0.25) is 5.88 Å². The Labute approximate surface area is 96.2 Å². The number of hydrogen-bond acceptors (Lipinski definition) is 4. The predicted octanol–water partition coefficient (Wildman–Crippen LogP) is 2.07. The third-order valence-electron chi connectivity index (χ3n) is 3.37. The van der Waals surface area contributed by atoms with Crippen LogP contribution in [-0.2, 0) is 0 Å². The third-order valence-corrected chi connectivity index (χ3v) is 3.37. The first-order valence-corrected chi connectivity index (χ1v) is 5.93. The Kier molecular flexibility index (Phi) is 3.72. The smallest absolute Gasteiger partial charge is 0.216 e. The highest BCUT2D eigenvalue weighted by Gasteiger charge is 2.23. The van der Waals surface area contributed by atoms with Crippen molar-refractivity contribution in [2.24, 2.45) is 11.7 Å². The van der Waals surface area contributed by atoms with Gasteiger partial charge in [-0.1, -0.05) is 19.3 Å². The van der Waals surface area contributed by atoms with Crippen LogP contribution in [0.15, 0.2) is 12.4 Å². The molecule has 1 aliphatic rings. The summed E-state index contributed by atoms with van der Waals surface area (Å²) in [7, 11) is 1.61. The van der Waals surface area contributed by atoms with Crippen LogP contribution in [0, 0.1) is 5.92 Å². The molecule has 0 spiro atoms. The number of nitrogens with two attached hydrogens (primary N) is 1. The van der Waals surface area contributed by atoms with Crippen molar-refractivity contribution in [3.05, 3.63) is 18.1 Å². The van der Waals surface area contributed by atoms with Crippen LogP contribution in [0.5, 0.6) is 5.88 Å². The number of hydrogen-bond donors (Lipinski definition) is 1. The number of aromatic nitrogens is 2. The second-order valence-corrected chi connectivity index (χ2v) is 4.41. The maximum Gasteiger partial charge on any atom is 0.216 e. The van der Waals surface area contributed by atoms with Crippen molar-refractivity contribution in [3.63, 3.8) is 0 Å². The van der Waals surface area contributed by atoms with Crippen molar-refractivity contribution < 1.29 is 4.74 Å². The molecule has 1 saturated carbocycles. The van der Waals surface area contributed by atoms with Crippen molar-refractivity contribution in [1.82, 2.24) is 9.97 Å². The van der Waals surface area contributed by atoms with Crippen LogP contribution in [0.4, 0.5) is 0 Å². The monoisotopic (exact) mass is 221 g/mol. The van der Waals surface area contributed by atoms with E-state index in [2.05, 4.69) is 9.97 Å². The van der Waals surface area contributed by atoms with Crippen LogP contribution >= 0.6 is 0 Å². The lowest BCUT2D eigenvalue weighted by molar-refractivity contribution is 0.303. The molecule has 1 atom stereocenters. The number of ether oxygens (including phenoxy) is 1. The average Bonchev–Trinajstić information content (AvgIpc) is 2.39. The Morgan fingerprint density at radius 2 is 2.06 bits per heavy atom. The highest BCUT2D eigenvalue weighted by atomic mass is 16.5. The normalized spacial score (nSPS) is 19.4. The first kappa shape index (κ1) is 11.3. The van der Waals surface area contributed by atoms with Crippen molar-refractivity contribution in [3.8, 4) is 5.88 Å². The molecule has 2 N–H and O–H groups in total. The molecule has 1 aliphatic carbocycles. The van der Waals surface area contributed by atoms with Gasteiger partial charge in [-0.2, -0.15) is 0 Å². The molecule has 1 aromatic heterocycles. The molecule has 16 heavy (non-hydrogen) atoms. The SMILES string of the molecule is COc1cc(C(N)C2CCCCC2)ncn1. The highest BCUT2D eigenvalue weighted by Crippen LogP contribution is 2.32. The van der Waals surface area contributed by atoms with Gasteiger partial charge in [-0.25, -0.2) is 9.97 Å². The van der Waals surface area contributed by atoms with Crippen molar-refractivity contribution >= 4 is 0 Å². The summed E-state index contributed by atoms with van der Waals surface area (Å²) in [6.07, 6.45) is 7.88. The summed E-state index contributed by atoms with van der Waals surface area (Å²) in [5.41, 5.74) is 7.15.